The van der Waals surface area contributed by atoms with Crippen LogP contribution in [0.2, 0.25) is 0 Å². The molecule has 174 valence electrons. The summed E-state index contributed by atoms with van der Waals surface area (Å²) in [5.74, 6) is -1.14. The van der Waals surface area contributed by atoms with Gasteiger partial charge < -0.3 is 20.6 Å². The van der Waals surface area contributed by atoms with Crippen molar-refractivity contribution in [3.05, 3.63) is 18.2 Å². The van der Waals surface area contributed by atoms with Gasteiger partial charge in [-0.2, -0.15) is 13.2 Å². The number of nitrogens with zero attached hydrogens (tertiary/aromatic N) is 3. The number of piperidine rings is 1. The minimum Gasteiger partial charge on any atom is -0.465 e. The Labute approximate surface area is 180 Å². The number of halogens is 3. The number of anilines is 1. The highest BCUT2D eigenvalue weighted by atomic mass is 19.4. The topological polar surface area (TPSA) is 90.4 Å². The van der Waals surface area contributed by atoms with Crippen molar-refractivity contribution in [3.63, 3.8) is 0 Å². The lowest BCUT2D eigenvalue weighted by atomic mass is 9.62. The third-order valence-corrected chi connectivity index (χ3v) is 6.69. The van der Waals surface area contributed by atoms with Gasteiger partial charge in [-0.3, -0.25) is 0 Å². The van der Waals surface area contributed by atoms with Crippen molar-refractivity contribution in [1.82, 2.24) is 20.6 Å². The Morgan fingerprint density at radius 3 is 2.42 bits per heavy atom. The lowest BCUT2D eigenvalue weighted by Gasteiger charge is -2.54. The number of carbonyl (C=O) groups is 1. The molecule has 1 saturated heterocycles. The second kappa shape index (κ2) is 8.80. The van der Waals surface area contributed by atoms with Gasteiger partial charge in [-0.1, -0.05) is 33.6 Å². The zero-order valence-corrected chi connectivity index (χ0v) is 18.3. The molecule has 0 aromatic carbocycles. The van der Waals surface area contributed by atoms with Gasteiger partial charge in [0.05, 0.1) is 23.6 Å². The molecule has 1 aromatic rings. The first-order valence-electron chi connectivity index (χ1n) is 10.8. The van der Waals surface area contributed by atoms with E-state index in [1.54, 1.807) is 0 Å². The van der Waals surface area contributed by atoms with Gasteiger partial charge in [0.1, 0.15) is 0 Å². The van der Waals surface area contributed by atoms with Crippen molar-refractivity contribution < 1.29 is 23.1 Å². The van der Waals surface area contributed by atoms with E-state index in [1.165, 1.54) is 12.4 Å². The van der Waals surface area contributed by atoms with Crippen molar-refractivity contribution in [2.45, 2.75) is 83.1 Å². The Morgan fingerprint density at radius 2 is 1.84 bits per heavy atom. The number of nitrogens with one attached hydrogen (secondary N) is 2. The molecule has 2 aliphatic rings. The molecule has 7 nitrogen and oxygen atoms in total. The molecule has 1 amide bonds. The zero-order valence-electron chi connectivity index (χ0n) is 18.3. The predicted octanol–water partition coefficient (Wildman–Crippen LogP) is 4.05. The average Bonchev–Trinajstić information content (AvgIpc) is 2.68. The number of alkyl halides is 3. The molecule has 3 rings (SSSR count). The minimum absolute atomic E-state index is 0.0221. The fourth-order valence-electron chi connectivity index (χ4n) is 5.09. The van der Waals surface area contributed by atoms with Gasteiger partial charge >= 0.3 is 12.3 Å². The maximum atomic E-state index is 12.7. The number of aromatic nitrogens is 2. The summed E-state index contributed by atoms with van der Waals surface area (Å²) in [4.78, 5) is 20.6. The molecule has 1 saturated carbocycles. The summed E-state index contributed by atoms with van der Waals surface area (Å²) in [7, 11) is 0. The van der Waals surface area contributed by atoms with Crippen LogP contribution in [-0.4, -0.2) is 51.9 Å². The Balaban J connectivity index is 1.74. The lowest BCUT2D eigenvalue weighted by molar-refractivity contribution is -0.145. The van der Waals surface area contributed by atoms with E-state index in [4.69, 9.17) is 0 Å². The van der Waals surface area contributed by atoms with Crippen LogP contribution in [0.25, 0.3) is 0 Å². The Bertz CT molecular complexity index is 766. The van der Waals surface area contributed by atoms with E-state index in [0.717, 1.165) is 45.1 Å². The molecule has 0 spiro atoms. The average molecular weight is 444 g/mol. The summed E-state index contributed by atoms with van der Waals surface area (Å²) in [6.07, 6.45) is 2.31. The molecule has 31 heavy (non-hydrogen) atoms. The molecule has 1 aliphatic heterocycles. The van der Waals surface area contributed by atoms with Gasteiger partial charge in [-0.05, 0) is 31.1 Å². The third-order valence-electron chi connectivity index (χ3n) is 6.69. The van der Waals surface area contributed by atoms with E-state index in [1.807, 2.05) is 4.90 Å². The minimum atomic E-state index is -4.56. The van der Waals surface area contributed by atoms with E-state index >= 15 is 0 Å². The molecule has 1 aliphatic carbocycles. The van der Waals surface area contributed by atoms with Crippen LogP contribution in [0.1, 0.15) is 65.1 Å². The SMILES string of the molecule is CC(C)(C)C1(NC(=O)O)CCCCC1NC1CCCN(c2cnc(C(F)(F)F)nc2)C1. The van der Waals surface area contributed by atoms with Gasteiger partial charge in [0.25, 0.3) is 0 Å². The molecule has 10 heteroatoms. The number of hydrogen-bond donors (Lipinski definition) is 3. The highest BCUT2D eigenvalue weighted by Gasteiger charge is 2.51. The zero-order chi connectivity index (χ0) is 22.9. The summed E-state index contributed by atoms with van der Waals surface area (Å²) >= 11 is 0. The molecular weight excluding hydrogens is 411 g/mol. The first-order chi connectivity index (χ1) is 14.4. The Morgan fingerprint density at radius 1 is 1.16 bits per heavy atom. The number of rotatable bonds is 4. The molecule has 0 bridgehead atoms. The van der Waals surface area contributed by atoms with E-state index < -0.39 is 23.6 Å². The first kappa shape index (κ1) is 23.6. The molecule has 3 atom stereocenters. The van der Waals surface area contributed by atoms with Crippen LogP contribution < -0.4 is 15.5 Å². The summed E-state index contributed by atoms with van der Waals surface area (Å²) in [6, 6.07) is 0.0719. The lowest BCUT2D eigenvalue weighted by Crippen LogP contribution is -2.70. The van der Waals surface area contributed by atoms with E-state index in [2.05, 4.69) is 41.4 Å². The fourth-order valence-corrected chi connectivity index (χ4v) is 5.09. The molecule has 3 unspecified atom stereocenters. The molecule has 2 heterocycles. The first-order valence-corrected chi connectivity index (χ1v) is 10.8. The number of carboxylic acid groups (broad SMARTS) is 1. The normalized spacial score (nSPS) is 27.7. The largest absolute Gasteiger partial charge is 0.465 e. The monoisotopic (exact) mass is 443 g/mol. The standard InChI is InChI=1S/C21H32F3N5O2/c1-19(2,3)20(28-18(30)31)9-5-4-8-16(20)27-14-7-6-10-29(13-14)15-11-25-17(26-12-15)21(22,23)24/h11-12,14,16,27-28H,4-10,13H2,1-3H3,(H,30,31). The van der Waals surface area contributed by atoms with Gasteiger partial charge in [0.2, 0.25) is 5.82 Å². The van der Waals surface area contributed by atoms with Crippen molar-refractivity contribution in [2.24, 2.45) is 5.41 Å². The van der Waals surface area contributed by atoms with Crippen molar-refractivity contribution in [2.75, 3.05) is 18.0 Å². The number of amides is 1. The van der Waals surface area contributed by atoms with Crippen LogP contribution in [0.15, 0.2) is 12.4 Å². The van der Waals surface area contributed by atoms with Gasteiger partial charge in [-0.15, -0.1) is 0 Å². The van der Waals surface area contributed by atoms with Crippen LogP contribution in [-0.2, 0) is 6.18 Å². The number of hydrogen-bond acceptors (Lipinski definition) is 5. The van der Waals surface area contributed by atoms with Crippen molar-refractivity contribution in [3.8, 4) is 0 Å². The Kier molecular flexibility index (Phi) is 6.69. The second-order valence-electron chi connectivity index (χ2n) is 9.66. The maximum absolute atomic E-state index is 12.7. The smallest absolute Gasteiger partial charge is 0.451 e. The maximum Gasteiger partial charge on any atom is 0.451 e. The van der Waals surface area contributed by atoms with Crippen molar-refractivity contribution >= 4 is 11.8 Å². The van der Waals surface area contributed by atoms with Crippen LogP contribution in [0.5, 0.6) is 0 Å². The summed E-state index contributed by atoms with van der Waals surface area (Å²) in [6.45, 7) is 7.52. The van der Waals surface area contributed by atoms with Crippen LogP contribution >= 0.6 is 0 Å². The molecule has 0 radical (unpaired) electrons. The van der Waals surface area contributed by atoms with Gasteiger partial charge in [0.15, 0.2) is 0 Å². The highest BCUT2D eigenvalue weighted by molar-refractivity contribution is 5.66. The van der Waals surface area contributed by atoms with Crippen molar-refractivity contribution in [1.29, 1.82) is 0 Å². The van der Waals surface area contributed by atoms with Gasteiger partial charge in [0, 0.05) is 25.2 Å². The highest BCUT2D eigenvalue weighted by Crippen LogP contribution is 2.42. The van der Waals surface area contributed by atoms with Crippen LogP contribution in [0.3, 0.4) is 0 Å². The third kappa shape index (κ3) is 5.22. The molecule has 2 fully saturated rings. The van der Waals surface area contributed by atoms with E-state index in [-0.39, 0.29) is 17.5 Å². The second-order valence-corrected chi connectivity index (χ2v) is 9.66. The summed E-state index contributed by atoms with van der Waals surface area (Å²) < 4.78 is 38.2. The predicted molar refractivity (Wildman–Crippen MR) is 111 cm³/mol. The molecule has 3 N–H and O–H groups in total. The fraction of sp³-hybridized carbons (Fsp3) is 0.762. The summed E-state index contributed by atoms with van der Waals surface area (Å²) in [5.41, 5.74) is -0.301. The molecular formula is C21H32F3N5O2. The Hall–Kier alpha value is -2.10. The van der Waals surface area contributed by atoms with Gasteiger partial charge in [-0.25, -0.2) is 14.8 Å². The summed E-state index contributed by atoms with van der Waals surface area (Å²) in [5, 5.41) is 16.1. The van der Waals surface area contributed by atoms with E-state index in [9.17, 15) is 23.1 Å². The van der Waals surface area contributed by atoms with Crippen LogP contribution in [0, 0.1) is 5.41 Å². The van der Waals surface area contributed by atoms with E-state index in [0.29, 0.717) is 12.2 Å². The molecule has 1 aromatic heterocycles. The van der Waals surface area contributed by atoms with Crippen LogP contribution in [0.4, 0.5) is 23.7 Å². The quantitative estimate of drug-likeness (QED) is 0.651.